The smallest absolute Gasteiger partial charge is 0.317 e. The fourth-order valence-corrected chi connectivity index (χ4v) is 3.36. The maximum absolute atomic E-state index is 12.8. The molecule has 1 aromatic carbocycles. The SMILES string of the molecule is CC1CC(C(=O)O)CN(C(=O)NC(c2ccccc2)C(C)(C)C)C1. The molecule has 0 radical (unpaired) electrons. The Morgan fingerprint density at radius 1 is 1.21 bits per heavy atom. The van der Waals surface area contributed by atoms with Gasteiger partial charge >= 0.3 is 12.0 Å². The minimum absolute atomic E-state index is 0.133. The highest BCUT2D eigenvalue weighted by atomic mass is 16.4. The molecule has 0 aromatic heterocycles. The van der Waals surface area contributed by atoms with E-state index in [1.165, 1.54) is 0 Å². The van der Waals surface area contributed by atoms with Crippen molar-refractivity contribution in [3.8, 4) is 0 Å². The van der Waals surface area contributed by atoms with Crippen LogP contribution >= 0.6 is 0 Å². The van der Waals surface area contributed by atoms with Crippen molar-refractivity contribution in [1.29, 1.82) is 0 Å². The van der Waals surface area contributed by atoms with Gasteiger partial charge in [-0.2, -0.15) is 0 Å². The molecule has 3 atom stereocenters. The molecule has 0 spiro atoms. The Bertz CT molecular complexity index is 580. The van der Waals surface area contributed by atoms with Gasteiger partial charge < -0.3 is 15.3 Å². The average Bonchev–Trinajstić information content (AvgIpc) is 2.51. The van der Waals surface area contributed by atoms with Crippen molar-refractivity contribution in [1.82, 2.24) is 10.2 Å². The van der Waals surface area contributed by atoms with E-state index in [1.54, 1.807) is 4.90 Å². The fourth-order valence-electron chi connectivity index (χ4n) is 3.36. The van der Waals surface area contributed by atoms with E-state index in [-0.39, 0.29) is 30.0 Å². The number of rotatable bonds is 3. The second-order valence-corrected chi connectivity index (χ2v) is 7.94. The zero-order chi connectivity index (χ0) is 17.9. The van der Waals surface area contributed by atoms with Crippen molar-refractivity contribution in [3.05, 3.63) is 35.9 Å². The van der Waals surface area contributed by atoms with Crippen molar-refractivity contribution < 1.29 is 14.7 Å². The summed E-state index contributed by atoms with van der Waals surface area (Å²) in [6.07, 6.45) is 0.625. The number of likely N-dealkylation sites (tertiary alicyclic amines) is 1. The van der Waals surface area contributed by atoms with Crippen molar-refractivity contribution in [2.45, 2.75) is 40.2 Å². The highest BCUT2D eigenvalue weighted by Gasteiger charge is 2.34. The van der Waals surface area contributed by atoms with Crippen LogP contribution in [0.15, 0.2) is 30.3 Å². The molecule has 1 fully saturated rings. The third-order valence-electron chi connectivity index (χ3n) is 4.56. The molecule has 3 unspecified atom stereocenters. The van der Waals surface area contributed by atoms with E-state index in [0.29, 0.717) is 13.0 Å². The zero-order valence-corrected chi connectivity index (χ0v) is 15.0. The molecule has 0 aliphatic carbocycles. The van der Waals surface area contributed by atoms with E-state index in [2.05, 4.69) is 26.1 Å². The summed E-state index contributed by atoms with van der Waals surface area (Å²) in [7, 11) is 0. The molecule has 1 saturated heterocycles. The van der Waals surface area contributed by atoms with E-state index in [9.17, 15) is 14.7 Å². The van der Waals surface area contributed by atoms with Gasteiger partial charge in [-0.25, -0.2) is 4.79 Å². The van der Waals surface area contributed by atoms with Gasteiger partial charge in [0.15, 0.2) is 0 Å². The molecule has 132 valence electrons. The number of carbonyl (C=O) groups excluding carboxylic acids is 1. The normalized spacial score (nSPS) is 22.8. The van der Waals surface area contributed by atoms with Crippen LogP contribution in [-0.4, -0.2) is 35.1 Å². The van der Waals surface area contributed by atoms with Gasteiger partial charge in [-0.1, -0.05) is 58.0 Å². The molecule has 1 aliphatic rings. The first-order chi connectivity index (χ1) is 11.2. The number of amides is 2. The lowest BCUT2D eigenvalue weighted by Crippen LogP contribution is -2.51. The maximum Gasteiger partial charge on any atom is 0.317 e. The molecule has 5 heteroatoms. The lowest BCUT2D eigenvalue weighted by atomic mass is 9.82. The summed E-state index contributed by atoms with van der Waals surface area (Å²) >= 11 is 0. The average molecular weight is 332 g/mol. The Morgan fingerprint density at radius 3 is 2.38 bits per heavy atom. The number of piperidine rings is 1. The predicted octanol–water partition coefficient (Wildman–Crippen LogP) is 3.53. The van der Waals surface area contributed by atoms with Crippen molar-refractivity contribution >= 4 is 12.0 Å². The van der Waals surface area contributed by atoms with Crippen molar-refractivity contribution in [2.24, 2.45) is 17.3 Å². The lowest BCUT2D eigenvalue weighted by Gasteiger charge is -2.38. The van der Waals surface area contributed by atoms with Gasteiger partial charge in [-0.3, -0.25) is 4.79 Å². The molecule has 0 saturated carbocycles. The molecular weight excluding hydrogens is 304 g/mol. The molecule has 2 rings (SSSR count). The number of hydrogen-bond donors (Lipinski definition) is 2. The summed E-state index contributed by atoms with van der Waals surface area (Å²) in [5, 5.41) is 12.4. The Morgan fingerprint density at radius 2 is 1.83 bits per heavy atom. The summed E-state index contributed by atoms with van der Waals surface area (Å²) in [5.41, 5.74) is 0.906. The molecular formula is C19H28N2O3. The molecule has 1 aliphatic heterocycles. The molecule has 1 heterocycles. The quantitative estimate of drug-likeness (QED) is 0.889. The topological polar surface area (TPSA) is 69.6 Å². The molecule has 2 amide bonds. The van der Waals surface area contributed by atoms with Crippen LogP contribution in [0.2, 0.25) is 0 Å². The van der Waals surface area contributed by atoms with Crippen LogP contribution < -0.4 is 5.32 Å². The number of urea groups is 1. The standard InChI is InChI=1S/C19H28N2O3/c1-13-10-15(17(22)23)12-21(11-13)18(24)20-16(19(2,3)4)14-8-6-5-7-9-14/h5-9,13,15-16H,10-12H2,1-4H3,(H,20,24)(H,22,23). The summed E-state index contributed by atoms with van der Waals surface area (Å²) in [4.78, 5) is 25.7. The van der Waals surface area contributed by atoms with Crippen LogP contribution in [-0.2, 0) is 4.79 Å². The predicted molar refractivity (Wildman–Crippen MR) is 93.6 cm³/mol. The maximum atomic E-state index is 12.8. The van der Waals surface area contributed by atoms with Gasteiger partial charge in [-0.15, -0.1) is 0 Å². The highest BCUT2D eigenvalue weighted by Crippen LogP contribution is 2.33. The van der Waals surface area contributed by atoms with Gasteiger partial charge in [0.1, 0.15) is 0 Å². The largest absolute Gasteiger partial charge is 0.481 e. The monoisotopic (exact) mass is 332 g/mol. The number of carboxylic acid groups (broad SMARTS) is 1. The van der Waals surface area contributed by atoms with Crippen LogP contribution in [0.1, 0.15) is 45.7 Å². The van der Waals surface area contributed by atoms with Crippen LogP contribution in [0.5, 0.6) is 0 Å². The van der Waals surface area contributed by atoms with Gasteiger partial charge in [0.25, 0.3) is 0 Å². The Balaban J connectivity index is 2.14. The third-order valence-corrected chi connectivity index (χ3v) is 4.56. The second kappa shape index (κ2) is 7.24. The number of aliphatic carboxylic acids is 1. The molecule has 24 heavy (non-hydrogen) atoms. The summed E-state index contributed by atoms with van der Waals surface area (Å²) < 4.78 is 0. The Kier molecular flexibility index (Phi) is 5.52. The van der Waals surface area contributed by atoms with Crippen LogP contribution in [0.3, 0.4) is 0 Å². The minimum Gasteiger partial charge on any atom is -0.481 e. The number of carboxylic acids is 1. The Hall–Kier alpha value is -2.04. The summed E-state index contributed by atoms with van der Waals surface area (Å²) in [6.45, 7) is 9.13. The van der Waals surface area contributed by atoms with Gasteiger partial charge in [0, 0.05) is 13.1 Å². The first kappa shape index (κ1) is 18.3. The van der Waals surface area contributed by atoms with E-state index >= 15 is 0 Å². The highest BCUT2D eigenvalue weighted by molar-refractivity contribution is 5.77. The first-order valence-electron chi connectivity index (χ1n) is 8.51. The number of hydrogen-bond acceptors (Lipinski definition) is 2. The second-order valence-electron chi connectivity index (χ2n) is 7.94. The third kappa shape index (κ3) is 4.49. The zero-order valence-electron chi connectivity index (χ0n) is 15.0. The number of carbonyl (C=O) groups is 2. The van der Waals surface area contributed by atoms with E-state index in [0.717, 1.165) is 5.56 Å². The minimum atomic E-state index is -0.824. The van der Waals surface area contributed by atoms with Crippen LogP contribution in [0.4, 0.5) is 4.79 Å². The number of nitrogens with zero attached hydrogens (tertiary/aromatic N) is 1. The summed E-state index contributed by atoms with van der Waals surface area (Å²) in [5.74, 6) is -1.12. The Labute approximate surface area is 144 Å². The van der Waals surface area contributed by atoms with Gasteiger partial charge in [-0.05, 0) is 23.3 Å². The molecule has 2 N–H and O–H groups in total. The summed E-state index contributed by atoms with van der Waals surface area (Å²) in [6, 6.07) is 9.58. The molecule has 1 aromatic rings. The molecule has 0 bridgehead atoms. The van der Waals surface area contributed by atoms with E-state index in [1.807, 2.05) is 37.3 Å². The number of benzene rings is 1. The van der Waals surface area contributed by atoms with Crippen molar-refractivity contribution in [3.63, 3.8) is 0 Å². The number of nitrogens with one attached hydrogen (secondary N) is 1. The fraction of sp³-hybridized carbons (Fsp3) is 0.579. The van der Waals surface area contributed by atoms with Crippen LogP contribution in [0, 0.1) is 17.3 Å². The van der Waals surface area contributed by atoms with Gasteiger partial charge in [0.05, 0.1) is 12.0 Å². The van der Waals surface area contributed by atoms with E-state index < -0.39 is 11.9 Å². The van der Waals surface area contributed by atoms with Gasteiger partial charge in [0.2, 0.25) is 0 Å². The molecule has 5 nitrogen and oxygen atoms in total. The van der Waals surface area contributed by atoms with Crippen LogP contribution in [0.25, 0.3) is 0 Å². The lowest BCUT2D eigenvalue weighted by molar-refractivity contribution is -0.143. The van der Waals surface area contributed by atoms with E-state index in [4.69, 9.17) is 0 Å². The first-order valence-corrected chi connectivity index (χ1v) is 8.51. The van der Waals surface area contributed by atoms with Crippen molar-refractivity contribution in [2.75, 3.05) is 13.1 Å².